The number of hydrogen-bond acceptors (Lipinski definition) is 5. The molecule has 1 N–H and O–H groups in total. The Bertz CT molecular complexity index is 1160. The molecule has 2 aromatic heterocycles. The summed E-state index contributed by atoms with van der Waals surface area (Å²) in [6.07, 6.45) is 2.46. The summed E-state index contributed by atoms with van der Waals surface area (Å²) < 4.78 is 0. The second-order valence-electron chi connectivity index (χ2n) is 6.67. The largest absolute Gasteiger partial charge is 0.325 e. The average molecular weight is 420 g/mol. The zero-order valence-electron chi connectivity index (χ0n) is 16.3. The van der Waals surface area contributed by atoms with Gasteiger partial charge in [-0.2, -0.15) is 0 Å². The summed E-state index contributed by atoms with van der Waals surface area (Å²) in [6, 6.07) is 18.5. The number of amides is 1. The number of carbonyl (C=O) groups is 1. The highest BCUT2D eigenvalue weighted by Crippen LogP contribution is 2.36. The zero-order valence-corrected chi connectivity index (χ0v) is 17.9. The molecule has 0 aliphatic rings. The molecule has 2 aromatic carbocycles. The van der Waals surface area contributed by atoms with Gasteiger partial charge in [-0.25, -0.2) is 9.97 Å². The summed E-state index contributed by atoms with van der Waals surface area (Å²) in [6.45, 7) is 4.12. The summed E-state index contributed by atoms with van der Waals surface area (Å²) in [5, 5.41) is 4.91. The Kier molecular flexibility index (Phi) is 5.92. The number of fused-ring (bicyclic) bond motifs is 1. The van der Waals surface area contributed by atoms with E-state index in [1.54, 1.807) is 17.7 Å². The highest BCUT2D eigenvalue weighted by molar-refractivity contribution is 8.00. The summed E-state index contributed by atoms with van der Waals surface area (Å²) in [5.41, 5.74) is 4.32. The minimum atomic E-state index is -0.0238. The lowest BCUT2D eigenvalue weighted by atomic mass is 10.1. The van der Waals surface area contributed by atoms with E-state index in [1.807, 2.05) is 37.3 Å². The lowest BCUT2D eigenvalue weighted by molar-refractivity contribution is -0.113. The summed E-state index contributed by atoms with van der Waals surface area (Å²) in [7, 11) is 0. The van der Waals surface area contributed by atoms with Crippen LogP contribution >= 0.6 is 23.1 Å². The van der Waals surface area contributed by atoms with Crippen LogP contribution in [0.25, 0.3) is 20.7 Å². The average Bonchev–Trinajstić information content (AvgIpc) is 3.19. The summed E-state index contributed by atoms with van der Waals surface area (Å²) in [4.78, 5) is 23.5. The quantitative estimate of drug-likeness (QED) is 0.309. The fraction of sp³-hybridized carbons (Fsp3) is 0.174. The number of nitrogens with zero attached hydrogens (tertiary/aromatic N) is 2. The van der Waals surface area contributed by atoms with Crippen LogP contribution in [-0.4, -0.2) is 21.6 Å². The molecule has 0 unspecified atom stereocenters. The second kappa shape index (κ2) is 8.76. The van der Waals surface area contributed by atoms with Gasteiger partial charge in [-0.3, -0.25) is 4.79 Å². The molecule has 0 spiro atoms. The fourth-order valence-electron chi connectivity index (χ4n) is 3.20. The van der Waals surface area contributed by atoms with Gasteiger partial charge in [0.2, 0.25) is 5.91 Å². The van der Waals surface area contributed by atoms with Crippen molar-refractivity contribution in [3.05, 3.63) is 72.1 Å². The van der Waals surface area contributed by atoms with Crippen LogP contribution in [0.2, 0.25) is 0 Å². The van der Waals surface area contributed by atoms with E-state index in [0.717, 1.165) is 48.9 Å². The number of para-hydroxylation sites is 1. The number of carbonyl (C=O) groups excluding carboxylic acids is 1. The minimum absolute atomic E-state index is 0.0238. The standard InChI is InChI=1S/C23H21N3OS2/c1-3-16-11-7-8-15(2)21(16)26-20(27)13-28-22-18-12-19(17-9-5-4-6-10-17)29-23(18)25-14-24-22/h4-12,14H,3,13H2,1-2H3,(H,26,27). The van der Waals surface area contributed by atoms with Gasteiger partial charge in [-0.15, -0.1) is 11.3 Å². The topological polar surface area (TPSA) is 54.9 Å². The third kappa shape index (κ3) is 4.33. The summed E-state index contributed by atoms with van der Waals surface area (Å²) >= 11 is 3.09. The van der Waals surface area contributed by atoms with E-state index in [1.165, 1.54) is 11.8 Å². The lowest BCUT2D eigenvalue weighted by Gasteiger charge is -2.12. The van der Waals surface area contributed by atoms with Crippen LogP contribution in [0.4, 0.5) is 5.69 Å². The van der Waals surface area contributed by atoms with Crippen LogP contribution in [0.3, 0.4) is 0 Å². The number of hydrogen-bond donors (Lipinski definition) is 1. The van der Waals surface area contributed by atoms with E-state index in [9.17, 15) is 4.79 Å². The van der Waals surface area contributed by atoms with Gasteiger partial charge in [0.1, 0.15) is 16.2 Å². The van der Waals surface area contributed by atoms with E-state index < -0.39 is 0 Å². The molecule has 1 amide bonds. The maximum Gasteiger partial charge on any atom is 0.234 e. The third-order valence-electron chi connectivity index (χ3n) is 4.70. The van der Waals surface area contributed by atoms with E-state index >= 15 is 0 Å². The molecule has 6 heteroatoms. The van der Waals surface area contributed by atoms with Gasteiger partial charge < -0.3 is 5.32 Å². The second-order valence-corrected chi connectivity index (χ2v) is 8.67. The zero-order chi connectivity index (χ0) is 20.2. The molecule has 4 nitrogen and oxygen atoms in total. The van der Waals surface area contributed by atoms with Crippen LogP contribution in [0.15, 0.2) is 66.0 Å². The third-order valence-corrected chi connectivity index (χ3v) is 6.79. The molecular weight excluding hydrogens is 398 g/mol. The molecule has 4 aromatic rings. The van der Waals surface area contributed by atoms with Crippen molar-refractivity contribution < 1.29 is 4.79 Å². The predicted octanol–water partition coefficient (Wildman–Crippen LogP) is 5.96. The number of nitrogens with one attached hydrogen (secondary N) is 1. The van der Waals surface area contributed by atoms with Crippen molar-refractivity contribution in [3.8, 4) is 10.4 Å². The number of thiophene rings is 1. The fourth-order valence-corrected chi connectivity index (χ4v) is 5.05. The molecular formula is C23H21N3OS2. The van der Waals surface area contributed by atoms with Gasteiger partial charge >= 0.3 is 0 Å². The first kappa shape index (κ1) is 19.6. The Morgan fingerprint density at radius 1 is 1.10 bits per heavy atom. The molecule has 0 atom stereocenters. The Hall–Kier alpha value is -2.70. The van der Waals surface area contributed by atoms with Crippen LogP contribution in [0.1, 0.15) is 18.1 Å². The Morgan fingerprint density at radius 2 is 1.93 bits per heavy atom. The summed E-state index contributed by atoms with van der Waals surface area (Å²) in [5.74, 6) is 0.282. The number of aryl methyl sites for hydroxylation is 2. The van der Waals surface area contributed by atoms with E-state index in [4.69, 9.17) is 0 Å². The molecule has 2 heterocycles. The van der Waals surface area contributed by atoms with E-state index in [2.05, 4.69) is 46.5 Å². The van der Waals surface area contributed by atoms with E-state index in [-0.39, 0.29) is 5.91 Å². The predicted molar refractivity (Wildman–Crippen MR) is 123 cm³/mol. The van der Waals surface area contributed by atoms with Crippen molar-refractivity contribution in [2.24, 2.45) is 0 Å². The lowest BCUT2D eigenvalue weighted by Crippen LogP contribution is -2.16. The van der Waals surface area contributed by atoms with Gasteiger partial charge in [0.25, 0.3) is 0 Å². The maximum absolute atomic E-state index is 12.6. The SMILES string of the molecule is CCc1cccc(C)c1NC(=O)CSc1ncnc2sc(-c3ccccc3)cc12. The van der Waals surface area contributed by atoms with Crippen LogP contribution < -0.4 is 5.32 Å². The minimum Gasteiger partial charge on any atom is -0.325 e. The van der Waals surface area contributed by atoms with Crippen molar-refractivity contribution >= 4 is 44.9 Å². The molecule has 0 saturated heterocycles. The Morgan fingerprint density at radius 3 is 2.72 bits per heavy atom. The molecule has 0 bridgehead atoms. The number of benzene rings is 2. The highest BCUT2D eigenvalue weighted by atomic mass is 32.2. The van der Waals surface area contributed by atoms with Gasteiger partial charge in [-0.1, -0.05) is 67.2 Å². The monoisotopic (exact) mass is 419 g/mol. The first-order valence-corrected chi connectivity index (χ1v) is 11.3. The maximum atomic E-state index is 12.6. The van der Waals surface area contributed by atoms with Gasteiger partial charge in [0.15, 0.2) is 0 Å². The van der Waals surface area contributed by atoms with Crippen molar-refractivity contribution in [1.82, 2.24) is 9.97 Å². The molecule has 0 aliphatic heterocycles. The van der Waals surface area contributed by atoms with Gasteiger partial charge in [-0.05, 0) is 36.1 Å². The number of aromatic nitrogens is 2. The number of thioether (sulfide) groups is 1. The van der Waals surface area contributed by atoms with Crippen molar-refractivity contribution in [2.45, 2.75) is 25.3 Å². The molecule has 146 valence electrons. The molecule has 0 saturated carbocycles. The number of rotatable bonds is 6. The molecule has 0 aliphatic carbocycles. The first-order valence-electron chi connectivity index (χ1n) is 9.47. The number of anilines is 1. The highest BCUT2D eigenvalue weighted by Gasteiger charge is 2.13. The molecule has 0 fully saturated rings. The van der Waals surface area contributed by atoms with Crippen LogP contribution in [0.5, 0.6) is 0 Å². The van der Waals surface area contributed by atoms with Crippen LogP contribution in [0, 0.1) is 6.92 Å². The molecule has 4 rings (SSSR count). The smallest absolute Gasteiger partial charge is 0.234 e. The van der Waals surface area contributed by atoms with Crippen molar-refractivity contribution in [3.63, 3.8) is 0 Å². The van der Waals surface area contributed by atoms with E-state index in [0.29, 0.717) is 5.75 Å². The normalized spacial score (nSPS) is 11.0. The molecule has 29 heavy (non-hydrogen) atoms. The molecule has 0 radical (unpaired) electrons. The first-order chi connectivity index (χ1) is 14.2. The Balaban J connectivity index is 1.51. The Labute approximate surface area is 178 Å². The van der Waals surface area contributed by atoms with Gasteiger partial charge in [0, 0.05) is 16.0 Å². The van der Waals surface area contributed by atoms with Crippen molar-refractivity contribution in [2.75, 3.05) is 11.1 Å². The van der Waals surface area contributed by atoms with Gasteiger partial charge in [0.05, 0.1) is 5.75 Å². The van der Waals surface area contributed by atoms with Crippen LogP contribution in [-0.2, 0) is 11.2 Å². The van der Waals surface area contributed by atoms with Crippen molar-refractivity contribution in [1.29, 1.82) is 0 Å².